The predicted molar refractivity (Wildman–Crippen MR) is 97.3 cm³/mol. The zero-order valence-electron chi connectivity index (χ0n) is 15.3. The maximum Gasteiger partial charge on any atom is 0.309 e. The minimum Gasteiger partial charge on any atom is -0.487 e. The first-order valence-electron chi connectivity index (χ1n) is 8.95. The Hall–Kier alpha value is -1.95. The van der Waals surface area contributed by atoms with Crippen LogP contribution in [-0.2, 0) is 9.53 Å². The lowest BCUT2D eigenvalue weighted by Crippen LogP contribution is -2.46. The first kappa shape index (κ1) is 17.9. The van der Waals surface area contributed by atoms with Crippen LogP contribution in [0.5, 0.6) is 5.75 Å². The summed E-state index contributed by atoms with van der Waals surface area (Å²) in [6.45, 7) is 8.34. The number of piperidine rings is 1. The van der Waals surface area contributed by atoms with E-state index in [4.69, 9.17) is 9.47 Å². The fraction of sp³-hybridized carbons (Fsp3) is 0.632. The largest absolute Gasteiger partial charge is 0.487 e. The first-order chi connectivity index (χ1) is 11.8. The summed E-state index contributed by atoms with van der Waals surface area (Å²) in [5.41, 5.74) is 0.538. The van der Waals surface area contributed by atoms with Crippen molar-refractivity contribution in [2.24, 2.45) is 0 Å². The van der Waals surface area contributed by atoms with Crippen LogP contribution in [0.2, 0.25) is 0 Å². The van der Waals surface area contributed by atoms with Gasteiger partial charge in [0.2, 0.25) is 0 Å². The molecular formula is C19H28N2O4. The van der Waals surface area contributed by atoms with Gasteiger partial charge in [0.1, 0.15) is 12.2 Å². The molecule has 0 amide bonds. The monoisotopic (exact) mass is 348 g/mol. The number of hydrogen-bond acceptors (Lipinski definition) is 6. The topological polar surface area (TPSA) is 71.0 Å². The minimum absolute atomic E-state index is 0.0447. The van der Waals surface area contributed by atoms with Crippen LogP contribution in [0, 0.1) is 0 Å². The summed E-state index contributed by atoms with van der Waals surface area (Å²) in [6.07, 6.45) is 1.11. The highest BCUT2D eigenvalue weighted by molar-refractivity contribution is 5.73. The van der Waals surface area contributed by atoms with Gasteiger partial charge in [-0.25, -0.2) is 0 Å². The number of carbonyl (C=O) groups excluding carboxylic acids is 1. The molecule has 1 fully saturated rings. The molecule has 25 heavy (non-hydrogen) atoms. The van der Waals surface area contributed by atoms with Crippen molar-refractivity contribution in [3.05, 3.63) is 18.2 Å². The molecule has 0 spiro atoms. The Labute approximate surface area is 149 Å². The van der Waals surface area contributed by atoms with E-state index >= 15 is 0 Å². The maximum absolute atomic E-state index is 12.1. The van der Waals surface area contributed by atoms with Gasteiger partial charge in [0, 0.05) is 19.6 Å². The Kier molecular flexibility index (Phi) is 4.82. The van der Waals surface area contributed by atoms with Crippen LogP contribution >= 0.6 is 0 Å². The lowest BCUT2D eigenvalue weighted by atomic mass is 9.88. The average molecular weight is 348 g/mol. The Morgan fingerprint density at radius 3 is 2.76 bits per heavy atom. The van der Waals surface area contributed by atoms with Crippen LogP contribution in [0.15, 0.2) is 18.2 Å². The van der Waals surface area contributed by atoms with E-state index in [0.717, 1.165) is 23.7 Å². The van der Waals surface area contributed by atoms with Gasteiger partial charge in [-0.1, -0.05) is 6.07 Å². The molecule has 1 aromatic carbocycles. The smallest absolute Gasteiger partial charge is 0.309 e. The maximum atomic E-state index is 12.1. The van der Waals surface area contributed by atoms with E-state index in [1.807, 2.05) is 39.0 Å². The van der Waals surface area contributed by atoms with Crippen molar-refractivity contribution in [2.45, 2.75) is 51.2 Å². The Morgan fingerprint density at radius 1 is 1.36 bits per heavy atom. The zero-order chi connectivity index (χ0) is 18.1. The lowest BCUT2D eigenvalue weighted by Gasteiger charge is -2.40. The summed E-state index contributed by atoms with van der Waals surface area (Å²) in [6, 6.07) is 6.07. The molecule has 0 bridgehead atoms. The molecule has 0 saturated carbocycles. The number of nitrogens with one attached hydrogen (secondary N) is 1. The van der Waals surface area contributed by atoms with E-state index in [1.165, 1.54) is 0 Å². The van der Waals surface area contributed by atoms with Crippen molar-refractivity contribution in [1.29, 1.82) is 0 Å². The van der Waals surface area contributed by atoms with Crippen molar-refractivity contribution in [3.8, 4) is 5.75 Å². The minimum atomic E-state index is -0.993. The van der Waals surface area contributed by atoms with Gasteiger partial charge in [-0.2, -0.15) is 0 Å². The number of nitrogens with zero attached hydrogens (tertiary/aromatic N) is 1. The fourth-order valence-electron chi connectivity index (χ4n) is 3.39. The van der Waals surface area contributed by atoms with E-state index in [9.17, 15) is 9.90 Å². The van der Waals surface area contributed by atoms with Crippen LogP contribution in [0.25, 0.3) is 0 Å². The van der Waals surface area contributed by atoms with E-state index in [1.54, 1.807) is 0 Å². The standard InChI is InChI=1S/C19H28N2O4/c1-18(2,3)25-16(22)13-19(23)7-10-21(11-8-19)15-6-4-5-14-17(15)24-12-9-20-14/h4-6,20,23H,7-13H2,1-3H3. The van der Waals surface area contributed by atoms with Crippen LogP contribution in [0.3, 0.4) is 0 Å². The molecule has 6 heteroatoms. The molecule has 0 atom stereocenters. The molecule has 138 valence electrons. The molecule has 0 aromatic heterocycles. The third kappa shape index (κ3) is 4.37. The highest BCUT2D eigenvalue weighted by atomic mass is 16.6. The van der Waals surface area contributed by atoms with E-state index in [2.05, 4.69) is 10.2 Å². The first-order valence-corrected chi connectivity index (χ1v) is 8.95. The number of carbonyl (C=O) groups is 1. The average Bonchev–Trinajstić information content (AvgIpc) is 2.53. The second-order valence-electron chi connectivity index (χ2n) is 7.90. The molecule has 3 rings (SSSR count). The highest BCUT2D eigenvalue weighted by Crippen LogP contribution is 2.40. The molecule has 6 nitrogen and oxygen atoms in total. The Bertz CT molecular complexity index is 631. The quantitative estimate of drug-likeness (QED) is 0.818. The molecule has 2 aliphatic rings. The van der Waals surface area contributed by atoms with E-state index < -0.39 is 11.2 Å². The number of aliphatic hydroxyl groups is 1. The van der Waals surface area contributed by atoms with Crippen LogP contribution in [0.4, 0.5) is 11.4 Å². The van der Waals surface area contributed by atoms with Crippen LogP contribution in [-0.4, -0.2) is 48.5 Å². The summed E-state index contributed by atoms with van der Waals surface area (Å²) in [5, 5.41) is 14.1. The predicted octanol–water partition coefficient (Wildman–Crippen LogP) is 2.55. The summed E-state index contributed by atoms with van der Waals surface area (Å²) in [4.78, 5) is 14.3. The van der Waals surface area contributed by atoms with Gasteiger partial charge in [-0.15, -0.1) is 0 Å². The number of fused-ring (bicyclic) bond motifs is 1. The summed E-state index contributed by atoms with van der Waals surface area (Å²) >= 11 is 0. The van der Waals surface area contributed by atoms with Gasteiger partial charge in [-0.05, 0) is 45.7 Å². The van der Waals surface area contributed by atoms with Gasteiger partial charge >= 0.3 is 5.97 Å². The highest BCUT2D eigenvalue weighted by Gasteiger charge is 2.36. The van der Waals surface area contributed by atoms with Crippen molar-refractivity contribution < 1.29 is 19.4 Å². The molecule has 0 unspecified atom stereocenters. The number of anilines is 2. The van der Waals surface area contributed by atoms with Gasteiger partial charge < -0.3 is 24.8 Å². The van der Waals surface area contributed by atoms with Crippen molar-refractivity contribution >= 4 is 17.3 Å². The SMILES string of the molecule is CC(C)(C)OC(=O)CC1(O)CCN(c2cccc3c2OCCN3)CC1. The molecule has 2 N–H and O–H groups in total. The second kappa shape index (κ2) is 6.75. The van der Waals surface area contributed by atoms with E-state index in [0.29, 0.717) is 32.5 Å². The second-order valence-corrected chi connectivity index (χ2v) is 7.90. The summed E-state index contributed by atoms with van der Waals surface area (Å²) < 4.78 is 11.2. The zero-order valence-corrected chi connectivity index (χ0v) is 15.3. The van der Waals surface area contributed by atoms with Crippen molar-refractivity contribution in [3.63, 3.8) is 0 Å². The molecule has 2 aliphatic heterocycles. The number of benzene rings is 1. The van der Waals surface area contributed by atoms with E-state index in [-0.39, 0.29) is 12.4 Å². The van der Waals surface area contributed by atoms with Gasteiger partial charge in [0.25, 0.3) is 0 Å². The van der Waals surface area contributed by atoms with Gasteiger partial charge in [0.15, 0.2) is 5.75 Å². The molecule has 0 aliphatic carbocycles. The lowest BCUT2D eigenvalue weighted by molar-refractivity contribution is -0.161. The van der Waals surface area contributed by atoms with Gasteiger partial charge in [-0.3, -0.25) is 4.79 Å². The number of rotatable bonds is 3. The van der Waals surface area contributed by atoms with Crippen LogP contribution in [0.1, 0.15) is 40.0 Å². The normalized spacial score (nSPS) is 19.4. The molecule has 1 aromatic rings. The third-order valence-corrected chi connectivity index (χ3v) is 4.59. The van der Waals surface area contributed by atoms with Gasteiger partial charge in [0.05, 0.1) is 23.4 Å². The van der Waals surface area contributed by atoms with Crippen molar-refractivity contribution in [2.75, 3.05) is 36.5 Å². The van der Waals surface area contributed by atoms with Crippen molar-refractivity contribution in [1.82, 2.24) is 0 Å². The molecular weight excluding hydrogens is 320 g/mol. The molecule has 0 radical (unpaired) electrons. The molecule has 2 heterocycles. The number of ether oxygens (including phenoxy) is 2. The summed E-state index contributed by atoms with van der Waals surface area (Å²) in [7, 11) is 0. The number of para-hydroxylation sites is 1. The summed E-state index contributed by atoms with van der Waals surface area (Å²) in [5.74, 6) is 0.541. The Balaban J connectivity index is 1.63. The van der Waals surface area contributed by atoms with Crippen LogP contribution < -0.4 is 15.0 Å². The number of esters is 1. The number of hydrogen-bond donors (Lipinski definition) is 2. The Morgan fingerprint density at radius 2 is 2.08 bits per heavy atom. The fourth-order valence-corrected chi connectivity index (χ4v) is 3.39. The molecule has 1 saturated heterocycles. The third-order valence-electron chi connectivity index (χ3n) is 4.59.